The Morgan fingerprint density at radius 3 is 2.58 bits per heavy atom. The number of aromatic nitrogens is 2. The van der Waals surface area contributed by atoms with Gasteiger partial charge >= 0.3 is 0 Å². The average molecular weight is 246 g/mol. The Hall–Kier alpha value is -2.61. The van der Waals surface area contributed by atoms with Crippen molar-refractivity contribution in [3.63, 3.8) is 0 Å². The van der Waals surface area contributed by atoms with Gasteiger partial charge in [-0.2, -0.15) is 0 Å². The van der Waals surface area contributed by atoms with Crippen LogP contribution < -0.4 is 0 Å². The molecule has 0 saturated carbocycles. The van der Waals surface area contributed by atoms with Gasteiger partial charge in [-0.3, -0.25) is 4.98 Å². The number of nitrogens with zero attached hydrogens (tertiary/aromatic N) is 1. The van der Waals surface area contributed by atoms with E-state index in [1.165, 1.54) is 5.39 Å². The summed E-state index contributed by atoms with van der Waals surface area (Å²) < 4.78 is 0. The van der Waals surface area contributed by atoms with Gasteiger partial charge in [0, 0.05) is 17.4 Å². The largest absolute Gasteiger partial charge is 0.355 e. The molecule has 0 bridgehead atoms. The smallest absolute Gasteiger partial charge is 0.0629 e. The van der Waals surface area contributed by atoms with Crippen molar-refractivity contribution >= 4 is 23.1 Å². The zero-order chi connectivity index (χ0) is 12.9. The van der Waals surface area contributed by atoms with Gasteiger partial charge < -0.3 is 4.98 Å². The Morgan fingerprint density at radius 1 is 0.895 bits per heavy atom. The first-order valence-electron chi connectivity index (χ1n) is 6.25. The van der Waals surface area contributed by atoms with Gasteiger partial charge in [-0.1, -0.05) is 36.4 Å². The zero-order valence-corrected chi connectivity index (χ0v) is 10.5. The summed E-state index contributed by atoms with van der Waals surface area (Å²) >= 11 is 0. The standard InChI is InChI=1S/C17H14N2/c1-4-11-17-14(7-1)13-16(19-17)10-3-2-8-15-9-5-6-12-18-15/h1-13,19H/b8-2+,10-3+. The topological polar surface area (TPSA) is 28.7 Å². The lowest BCUT2D eigenvalue weighted by atomic mass is 10.2. The molecule has 0 spiro atoms. The lowest BCUT2D eigenvalue weighted by Gasteiger charge is -1.88. The number of fused-ring (bicyclic) bond motifs is 1. The lowest BCUT2D eigenvalue weighted by molar-refractivity contribution is 1.30. The molecule has 0 aliphatic carbocycles. The molecular formula is C17H14N2. The van der Waals surface area contributed by atoms with Crippen LogP contribution in [0.15, 0.2) is 66.9 Å². The Labute approximate surface area is 112 Å². The molecule has 0 radical (unpaired) electrons. The van der Waals surface area contributed by atoms with E-state index in [4.69, 9.17) is 0 Å². The van der Waals surface area contributed by atoms with E-state index in [1.54, 1.807) is 6.20 Å². The van der Waals surface area contributed by atoms with E-state index in [2.05, 4.69) is 34.2 Å². The number of allylic oxidation sites excluding steroid dienone is 2. The van der Waals surface area contributed by atoms with Crippen LogP contribution in [0.25, 0.3) is 23.1 Å². The molecule has 0 aliphatic heterocycles. The Balaban J connectivity index is 1.74. The first-order chi connectivity index (χ1) is 9.42. The Morgan fingerprint density at radius 2 is 1.74 bits per heavy atom. The van der Waals surface area contributed by atoms with Crippen LogP contribution in [0.4, 0.5) is 0 Å². The van der Waals surface area contributed by atoms with Gasteiger partial charge in [0.1, 0.15) is 0 Å². The molecule has 0 atom stereocenters. The monoisotopic (exact) mass is 246 g/mol. The molecule has 1 N–H and O–H groups in total. The van der Waals surface area contributed by atoms with Gasteiger partial charge in [-0.25, -0.2) is 0 Å². The Bertz CT molecular complexity index is 688. The van der Waals surface area contributed by atoms with Crippen LogP contribution in [-0.2, 0) is 0 Å². The fourth-order valence-corrected chi connectivity index (χ4v) is 1.97. The number of rotatable bonds is 3. The van der Waals surface area contributed by atoms with Crippen molar-refractivity contribution in [2.45, 2.75) is 0 Å². The second-order valence-corrected chi connectivity index (χ2v) is 4.28. The van der Waals surface area contributed by atoms with Crippen molar-refractivity contribution in [1.29, 1.82) is 0 Å². The predicted molar refractivity (Wildman–Crippen MR) is 80.6 cm³/mol. The minimum absolute atomic E-state index is 0.962. The van der Waals surface area contributed by atoms with Crippen LogP contribution in [0.5, 0.6) is 0 Å². The number of H-pyrrole nitrogens is 1. The molecule has 0 aliphatic rings. The van der Waals surface area contributed by atoms with Gasteiger partial charge in [-0.15, -0.1) is 0 Å². The average Bonchev–Trinajstić information content (AvgIpc) is 2.87. The minimum atomic E-state index is 0.962. The fraction of sp³-hybridized carbons (Fsp3) is 0. The minimum Gasteiger partial charge on any atom is -0.355 e. The summed E-state index contributed by atoms with van der Waals surface area (Å²) in [6.45, 7) is 0. The number of aromatic amines is 1. The van der Waals surface area contributed by atoms with Crippen molar-refractivity contribution in [2.24, 2.45) is 0 Å². The summed E-state index contributed by atoms with van der Waals surface area (Å²) in [7, 11) is 0. The summed E-state index contributed by atoms with van der Waals surface area (Å²) in [6, 6.07) is 16.3. The highest BCUT2D eigenvalue weighted by Gasteiger charge is 1.94. The molecule has 0 amide bonds. The number of nitrogens with one attached hydrogen (secondary N) is 1. The highest BCUT2D eigenvalue weighted by Crippen LogP contribution is 2.15. The molecule has 0 unspecified atom stereocenters. The molecule has 2 nitrogen and oxygen atoms in total. The summed E-state index contributed by atoms with van der Waals surface area (Å²) in [4.78, 5) is 7.59. The van der Waals surface area contributed by atoms with Crippen LogP contribution in [0, 0.1) is 0 Å². The summed E-state index contributed by atoms with van der Waals surface area (Å²) in [5.41, 5.74) is 3.23. The first kappa shape index (κ1) is 11.5. The van der Waals surface area contributed by atoms with Crippen LogP contribution >= 0.6 is 0 Å². The molecule has 0 fully saturated rings. The highest BCUT2D eigenvalue weighted by atomic mass is 14.7. The first-order valence-corrected chi connectivity index (χ1v) is 6.25. The van der Waals surface area contributed by atoms with E-state index in [-0.39, 0.29) is 0 Å². The molecule has 0 saturated heterocycles. The van der Waals surface area contributed by atoms with Gasteiger partial charge in [0.15, 0.2) is 0 Å². The third-order valence-corrected chi connectivity index (χ3v) is 2.89. The SMILES string of the molecule is C(/C=C/c1cc2ccccc2[nH]1)=C\c1ccccn1. The zero-order valence-electron chi connectivity index (χ0n) is 10.5. The van der Waals surface area contributed by atoms with Gasteiger partial charge in [0.25, 0.3) is 0 Å². The maximum Gasteiger partial charge on any atom is 0.0629 e. The number of para-hydroxylation sites is 1. The van der Waals surface area contributed by atoms with Crippen LogP contribution in [0.2, 0.25) is 0 Å². The van der Waals surface area contributed by atoms with Crippen LogP contribution in [0.1, 0.15) is 11.4 Å². The van der Waals surface area contributed by atoms with E-state index in [0.717, 1.165) is 16.9 Å². The van der Waals surface area contributed by atoms with E-state index in [0.29, 0.717) is 0 Å². The molecule has 92 valence electrons. The van der Waals surface area contributed by atoms with Gasteiger partial charge in [0.2, 0.25) is 0 Å². The number of hydrogen-bond acceptors (Lipinski definition) is 1. The predicted octanol–water partition coefficient (Wildman–Crippen LogP) is 4.29. The molecular weight excluding hydrogens is 232 g/mol. The van der Waals surface area contributed by atoms with Crippen LogP contribution in [0.3, 0.4) is 0 Å². The van der Waals surface area contributed by atoms with E-state index in [1.807, 2.05) is 48.6 Å². The number of benzene rings is 1. The molecule has 2 heteroatoms. The molecule has 1 aromatic carbocycles. The fourth-order valence-electron chi connectivity index (χ4n) is 1.97. The summed E-state index contributed by atoms with van der Waals surface area (Å²) in [5, 5.41) is 1.23. The van der Waals surface area contributed by atoms with Crippen molar-refractivity contribution in [1.82, 2.24) is 9.97 Å². The van der Waals surface area contributed by atoms with Crippen molar-refractivity contribution < 1.29 is 0 Å². The Kier molecular flexibility index (Phi) is 3.24. The number of hydrogen-bond donors (Lipinski definition) is 1. The van der Waals surface area contributed by atoms with E-state index >= 15 is 0 Å². The highest BCUT2D eigenvalue weighted by molar-refractivity contribution is 5.82. The van der Waals surface area contributed by atoms with Crippen molar-refractivity contribution in [3.8, 4) is 0 Å². The molecule has 2 heterocycles. The second-order valence-electron chi connectivity index (χ2n) is 4.28. The quantitative estimate of drug-likeness (QED) is 0.686. The lowest BCUT2D eigenvalue weighted by Crippen LogP contribution is -1.75. The maximum atomic E-state index is 4.23. The second kappa shape index (κ2) is 5.36. The van der Waals surface area contributed by atoms with Gasteiger partial charge in [0.05, 0.1) is 5.69 Å². The third kappa shape index (κ3) is 2.80. The van der Waals surface area contributed by atoms with E-state index in [9.17, 15) is 0 Å². The van der Waals surface area contributed by atoms with Crippen molar-refractivity contribution in [3.05, 3.63) is 78.3 Å². The summed E-state index contributed by atoms with van der Waals surface area (Å²) in [5.74, 6) is 0. The summed E-state index contributed by atoms with van der Waals surface area (Å²) in [6.07, 6.45) is 9.84. The normalized spacial score (nSPS) is 11.8. The maximum absolute atomic E-state index is 4.23. The molecule has 19 heavy (non-hydrogen) atoms. The van der Waals surface area contributed by atoms with Gasteiger partial charge in [-0.05, 0) is 41.8 Å². The molecule has 3 aromatic rings. The molecule has 2 aromatic heterocycles. The van der Waals surface area contributed by atoms with Crippen LogP contribution in [-0.4, -0.2) is 9.97 Å². The number of pyridine rings is 1. The van der Waals surface area contributed by atoms with Crippen molar-refractivity contribution in [2.75, 3.05) is 0 Å². The third-order valence-electron chi connectivity index (χ3n) is 2.89. The molecule has 3 rings (SSSR count). The van der Waals surface area contributed by atoms with E-state index < -0.39 is 0 Å².